The maximum absolute atomic E-state index is 13.2. The van der Waals surface area contributed by atoms with Crippen LogP contribution in [-0.2, 0) is 6.54 Å². The van der Waals surface area contributed by atoms with E-state index in [9.17, 15) is 4.39 Å². The lowest BCUT2D eigenvalue weighted by Crippen LogP contribution is -2.20. The summed E-state index contributed by atoms with van der Waals surface area (Å²) < 4.78 is 13.2. The number of hydrogen-bond donors (Lipinski definition) is 0. The molecule has 3 heteroatoms. The maximum atomic E-state index is 13.2. The highest BCUT2D eigenvalue weighted by atomic mass is 19.1. The average Bonchev–Trinajstić information content (AvgIpc) is 3.00. The van der Waals surface area contributed by atoms with Crippen molar-refractivity contribution in [1.82, 2.24) is 4.90 Å². The number of hydrogen-bond acceptors (Lipinski definition) is 2. The molecule has 2 nitrogen and oxygen atoms in total. The first-order valence-electron chi connectivity index (χ1n) is 5.55. The van der Waals surface area contributed by atoms with Crippen molar-refractivity contribution < 1.29 is 4.39 Å². The maximum Gasteiger partial charge on any atom is 0.124 e. The third kappa shape index (κ3) is 3.04. The number of nitrogens with zero attached hydrogens (tertiary/aromatic N) is 2. The van der Waals surface area contributed by atoms with Gasteiger partial charge in [-0.3, -0.25) is 0 Å². The second-order valence-corrected chi connectivity index (χ2v) is 4.60. The highest BCUT2D eigenvalue weighted by Gasteiger charge is 2.22. The van der Waals surface area contributed by atoms with Crippen molar-refractivity contribution in [3.63, 3.8) is 0 Å². The van der Waals surface area contributed by atoms with Crippen molar-refractivity contribution >= 4 is 0 Å². The molecule has 1 aromatic rings. The zero-order chi connectivity index (χ0) is 11.5. The minimum Gasteiger partial charge on any atom is -0.302 e. The summed E-state index contributed by atoms with van der Waals surface area (Å²) in [6.07, 6.45) is 2.63. The standard InChI is InChI=1S/C13H15FN2/c1-16(8-10-2-3-10)9-12-4-11(7-15)5-13(14)6-12/h4-6,10H,2-3,8-9H2,1H3. The van der Waals surface area contributed by atoms with Gasteiger partial charge in [0.25, 0.3) is 0 Å². The van der Waals surface area contributed by atoms with Crippen molar-refractivity contribution in [3.05, 3.63) is 35.1 Å². The number of nitriles is 1. The molecule has 1 aliphatic carbocycles. The Labute approximate surface area is 95.3 Å². The van der Waals surface area contributed by atoms with E-state index in [1.54, 1.807) is 6.07 Å². The van der Waals surface area contributed by atoms with Gasteiger partial charge in [0, 0.05) is 13.1 Å². The second kappa shape index (κ2) is 4.63. The smallest absolute Gasteiger partial charge is 0.124 e. The largest absolute Gasteiger partial charge is 0.302 e. The van der Waals surface area contributed by atoms with Crippen molar-refractivity contribution in [2.75, 3.05) is 13.6 Å². The molecule has 0 heterocycles. The van der Waals surface area contributed by atoms with Gasteiger partial charge in [-0.2, -0.15) is 5.26 Å². The van der Waals surface area contributed by atoms with Crippen LogP contribution < -0.4 is 0 Å². The topological polar surface area (TPSA) is 27.0 Å². The molecule has 0 aliphatic heterocycles. The van der Waals surface area contributed by atoms with Gasteiger partial charge in [0.2, 0.25) is 0 Å². The van der Waals surface area contributed by atoms with Gasteiger partial charge in [-0.25, -0.2) is 4.39 Å². The normalized spacial score (nSPS) is 15.1. The van der Waals surface area contributed by atoms with E-state index in [2.05, 4.69) is 4.90 Å². The predicted molar refractivity (Wildman–Crippen MR) is 60.2 cm³/mol. The first-order chi connectivity index (χ1) is 7.67. The van der Waals surface area contributed by atoms with E-state index in [4.69, 9.17) is 5.26 Å². The minimum absolute atomic E-state index is 0.325. The van der Waals surface area contributed by atoms with Crippen LogP contribution >= 0.6 is 0 Å². The molecule has 0 spiro atoms. The van der Waals surface area contributed by atoms with E-state index < -0.39 is 0 Å². The van der Waals surface area contributed by atoms with Gasteiger partial charge in [-0.05, 0) is 49.6 Å². The lowest BCUT2D eigenvalue weighted by atomic mass is 10.1. The van der Waals surface area contributed by atoms with Crippen LogP contribution in [0.3, 0.4) is 0 Å². The fourth-order valence-corrected chi connectivity index (χ4v) is 1.92. The molecule has 0 amide bonds. The summed E-state index contributed by atoms with van der Waals surface area (Å²) in [5.74, 6) is 0.503. The summed E-state index contributed by atoms with van der Waals surface area (Å²) in [5, 5.41) is 8.75. The Bertz CT molecular complexity index is 418. The summed E-state index contributed by atoms with van der Waals surface area (Å²) in [5.41, 5.74) is 1.27. The van der Waals surface area contributed by atoms with E-state index in [0.717, 1.165) is 18.0 Å². The first-order valence-corrected chi connectivity index (χ1v) is 5.55. The van der Waals surface area contributed by atoms with Crippen LogP contribution in [-0.4, -0.2) is 18.5 Å². The van der Waals surface area contributed by atoms with E-state index in [1.807, 2.05) is 13.1 Å². The fourth-order valence-electron chi connectivity index (χ4n) is 1.92. The van der Waals surface area contributed by atoms with Gasteiger partial charge in [0.1, 0.15) is 5.82 Å². The fraction of sp³-hybridized carbons (Fsp3) is 0.462. The van der Waals surface area contributed by atoms with Crippen molar-refractivity contribution in [2.45, 2.75) is 19.4 Å². The van der Waals surface area contributed by atoms with Gasteiger partial charge < -0.3 is 4.90 Å². The quantitative estimate of drug-likeness (QED) is 0.776. The first kappa shape index (κ1) is 11.1. The number of rotatable bonds is 4. The molecule has 0 saturated heterocycles. The van der Waals surface area contributed by atoms with Gasteiger partial charge in [0.05, 0.1) is 11.6 Å². The van der Waals surface area contributed by atoms with Gasteiger partial charge in [-0.1, -0.05) is 0 Å². The summed E-state index contributed by atoms with van der Waals surface area (Å²) >= 11 is 0. The number of halogens is 1. The van der Waals surface area contributed by atoms with Crippen molar-refractivity contribution in [3.8, 4) is 6.07 Å². The van der Waals surface area contributed by atoms with Crippen LogP contribution in [0.1, 0.15) is 24.0 Å². The van der Waals surface area contributed by atoms with Gasteiger partial charge in [-0.15, -0.1) is 0 Å². The molecule has 16 heavy (non-hydrogen) atoms. The van der Waals surface area contributed by atoms with Crippen molar-refractivity contribution in [1.29, 1.82) is 5.26 Å². The van der Waals surface area contributed by atoms with Crippen LogP contribution in [0.25, 0.3) is 0 Å². The monoisotopic (exact) mass is 218 g/mol. The average molecular weight is 218 g/mol. The minimum atomic E-state index is -0.325. The Morgan fingerprint density at radius 3 is 2.81 bits per heavy atom. The van der Waals surface area contributed by atoms with Gasteiger partial charge in [0.15, 0.2) is 0 Å². The zero-order valence-electron chi connectivity index (χ0n) is 9.41. The van der Waals surface area contributed by atoms with E-state index in [-0.39, 0.29) is 5.82 Å². The van der Waals surface area contributed by atoms with Crippen LogP contribution in [0.5, 0.6) is 0 Å². The summed E-state index contributed by atoms with van der Waals surface area (Å²) in [6, 6.07) is 6.50. The summed E-state index contributed by atoms with van der Waals surface area (Å²) in [4.78, 5) is 2.19. The van der Waals surface area contributed by atoms with Crippen LogP contribution in [0.2, 0.25) is 0 Å². The molecule has 0 atom stereocenters. The van der Waals surface area contributed by atoms with E-state index >= 15 is 0 Å². The summed E-state index contributed by atoms with van der Waals surface area (Å²) in [6.45, 7) is 1.78. The second-order valence-electron chi connectivity index (χ2n) is 4.60. The molecule has 0 radical (unpaired) electrons. The van der Waals surface area contributed by atoms with E-state index in [1.165, 1.54) is 25.0 Å². The SMILES string of the molecule is CN(Cc1cc(F)cc(C#N)c1)CC1CC1. The number of benzene rings is 1. The molecule has 0 N–H and O–H groups in total. The molecule has 84 valence electrons. The third-order valence-corrected chi connectivity index (χ3v) is 2.81. The molecular weight excluding hydrogens is 203 g/mol. The van der Waals surface area contributed by atoms with Crippen molar-refractivity contribution in [2.24, 2.45) is 5.92 Å². The van der Waals surface area contributed by atoms with E-state index in [0.29, 0.717) is 12.1 Å². The molecular formula is C13H15FN2. The molecule has 1 fully saturated rings. The molecule has 2 rings (SSSR count). The Hall–Kier alpha value is -1.40. The van der Waals surface area contributed by atoms with Crippen LogP contribution in [0.15, 0.2) is 18.2 Å². The highest BCUT2D eigenvalue weighted by molar-refractivity contribution is 5.33. The molecule has 1 aromatic carbocycles. The molecule has 0 unspecified atom stereocenters. The van der Waals surface area contributed by atoms with Crippen LogP contribution in [0, 0.1) is 23.1 Å². The molecule has 1 aliphatic rings. The predicted octanol–water partition coefficient (Wildman–Crippen LogP) is 2.54. The summed E-state index contributed by atoms with van der Waals surface area (Å²) in [7, 11) is 2.04. The molecule has 0 bridgehead atoms. The van der Waals surface area contributed by atoms with Gasteiger partial charge >= 0.3 is 0 Å². The third-order valence-electron chi connectivity index (χ3n) is 2.81. The zero-order valence-corrected chi connectivity index (χ0v) is 9.41. The lowest BCUT2D eigenvalue weighted by Gasteiger charge is -2.16. The van der Waals surface area contributed by atoms with Crippen LogP contribution in [0.4, 0.5) is 4.39 Å². The Morgan fingerprint density at radius 1 is 1.44 bits per heavy atom. The highest BCUT2D eigenvalue weighted by Crippen LogP contribution is 2.29. The Kier molecular flexibility index (Phi) is 3.21. The lowest BCUT2D eigenvalue weighted by molar-refractivity contribution is 0.312. The Balaban J connectivity index is 2.02. The Morgan fingerprint density at radius 2 is 2.19 bits per heavy atom. The molecule has 0 aromatic heterocycles. The molecule has 1 saturated carbocycles.